The van der Waals surface area contributed by atoms with Crippen LogP contribution in [0, 0.1) is 0 Å². The van der Waals surface area contributed by atoms with Crippen LogP contribution in [0.5, 0.6) is 5.88 Å². The predicted molar refractivity (Wildman–Crippen MR) is 133 cm³/mol. The maximum Gasteiger partial charge on any atom is 0.342 e. The maximum absolute atomic E-state index is 13.7. The number of methoxy groups -OCH3 is 1. The van der Waals surface area contributed by atoms with Gasteiger partial charge in [0.25, 0.3) is 0 Å². The minimum absolute atomic E-state index is 0.0420. The average Bonchev–Trinajstić information content (AvgIpc) is 3.52. The molecular weight excluding hydrogens is 444 g/mol. The Hall–Kier alpha value is -4.27. The molecule has 1 atom stereocenters. The number of hydrogen-bond donors (Lipinski definition) is 2. The molecule has 1 aromatic carbocycles. The van der Waals surface area contributed by atoms with Crippen molar-refractivity contribution in [2.75, 3.05) is 25.5 Å². The van der Waals surface area contributed by atoms with Crippen molar-refractivity contribution in [2.45, 2.75) is 25.7 Å². The van der Waals surface area contributed by atoms with E-state index in [0.29, 0.717) is 41.3 Å². The standard InChI is InChI=1S/C26H26N6O3/c1-3-4-10-27-26(34)32-22-7-5-6-18(20(22)15-31-32)24(33)21-14-30-25-19(21)11-17(13-29-25)16-8-9-23(35-2)28-12-16/h5-9,11-13,15,21H,3-4,10,14H2,1-2H3,(H,27,34)(H,29,30). The molecule has 1 aliphatic heterocycles. The molecule has 35 heavy (non-hydrogen) atoms. The van der Waals surface area contributed by atoms with E-state index in [2.05, 4.69) is 32.6 Å². The normalized spacial score (nSPS) is 14.4. The molecule has 9 heteroatoms. The van der Waals surface area contributed by atoms with Gasteiger partial charge in [-0.05, 0) is 24.6 Å². The molecule has 1 aliphatic rings. The summed E-state index contributed by atoms with van der Waals surface area (Å²) in [5.74, 6) is 0.785. The molecule has 4 heterocycles. The highest BCUT2D eigenvalue weighted by Gasteiger charge is 2.32. The van der Waals surface area contributed by atoms with Gasteiger partial charge in [-0.15, -0.1) is 0 Å². The first-order valence-electron chi connectivity index (χ1n) is 11.6. The Morgan fingerprint density at radius 1 is 1.14 bits per heavy atom. The Bertz CT molecular complexity index is 1400. The number of anilines is 1. The van der Waals surface area contributed by atoms with Crippen LogP contribution in [0.4, 0.5) is 10.6 Å². The topological polar surface area (TPSA) is 111 Å². The Kier molecular flexibility index (Phi) is 6.13. The average molecular weight is 471 g/mol. The highest BCUT2D eigenvalue weighted by molar-refractivity contribution is 6.12. The number of fused-ring (bicyclic) bond motifs is 2. The summed E-state index contributed by atoms with van der Waals surface area (Å²) in [5.41, 5.74) is 3.73. The smallest absolute Gasteiger partial charge is 0.342 e. The number of rotatable bonds is 7. The fourth-order valence-electron chi connectivity index (χ4n) is 4.33. The number of ether oxygens (including phenoxy) is 1. The van der Waals surface area contributed by atoms with E-state index in [0.717, 1.165) is 29.5 Å². The van der Waals surface area contributed by atoms with Gasteiger partial charge in [-0.25, -0.2) is 14.8 Å². The summed E-state index contributed by atoms with van der Waals surface area (Å²) in [6.07, 6.45) is 6.96. The van der Waals surface area contributed by atoms with Crippen LogP contribution in [0.15, 0.2) is 55.0 Å². The summed E-state index contributed by atoms with van der Waals surface area (Å²) < 4.78 is 6.46. The lowest BCUT2D eigenvalue weighted by atomic mass is 9.90. The lowest BCUT2D eigenvalue weighted by molar-refractivity contribution is 0.0968. The van der Waals surface area contributed by atoms with Gasteiger partial charge in [0.05, 0.1) is 24.7 Å². The first-order chi connectivity index (χ1) is 17.1. The number of Topliss-reactive ketones (excluding diaryl/α,β-unsaturated/α-hetero) is 1. The maximum atomic E-state index is 13.7. The molecule has 3 aromatic heterocycles. The molecule has 0 spiro atoms. The number of nitrogens with one attached hydrogen (secondary N) is 2. The number of nitrogens with zero attached hydrogens (tertiary/aromatic N) is 4. The number of ketones is 1. The van der Waals surface area contributed by atoms with Gasteiger partial charge in [0.2, 0.25) is 5.88 Å². The van der Waals surface area contributed by atoms with Crippen molar-refractivity contribution in [1.82, 2.24) is 25.1 Å². The third kappa shape index (κ3) is 4.21. The molecule has 0 aliphatic carbocycles. The van der Waals surface area contributed by atoms with Gasteiger partial charge in [-0.3, -0.25) is 4.79 Å². The van der Waals surface area contributed by atoms with Gasteiger partial charge in [-0.1, -0.05) is 25.5 Å². The molecule has 0 radical (unpaired) electrons. The van der Waals surface area contributed by atoms with E-state index in [4.69, 9.17) is 4.74 Å². The van der Waals surface area contributed by atoms with Gasteiger partial charge >= 0.3 is 6.03 Å². The van der Waals surface area contributed by atoms with Crippen LogP contribution in [-0.4, -0.2) is 51.8 Å². The zero-order valence-electron chi connectivity index (χ0n) is 19.6. The molecule has 0 bridgehead atoms. The second-order valence-electron chi connectivity index (χ2n) is 8.43. The van der Waals surface area contributed by atoms with Crippen LogP contribution in [0.2, 0.25) is 0 Å². The number of benzene rings is 1. The Labute approximate surface area is 202 Å². The van der Waals surface area contributed by atoms with Crippen molar-refractivity contribution in [1.29, 1.82) is 0 Å². The lowest BCUT2D eigenvalue weighted by Crippen LogP contribution is -2.30. The van der Waals surface area contributed by atoms with Crippen molar-refractivity contribution in [3.63, 3.8) is 0 Å². The minimum Gasteiger partial charge on any atom is -0.481 e. The van der Waals surface area contributed by atoms with Crippen LogP contribution < -0.4 is 15.4 Å². The quantitative estimate of drug-likeness (QED) is 0.307. The van der Waals surface area contributed by atoms with Gasteiger partial charge in [0.1, 0.15) is 5.82 Å². The number of hydrogen-bond acceptors (Lipinski definition) is 7. The summed E-state index contributed by atoms with van der Waals surface area (Å²) >= 11 is 0. The number of aromatic nitrogens is 4. The van der Waals surface area contributed by atoms with Crippen LogP contribution in [0.25, 0.3) is 22.0 Å². The van der Waals surface area contributed by atoms with Crippen molar-refractivity contribution in [3.8, 4) is 17.0 Å². The molecule has 4 aromatic rings. The number of unbranched alkanes of at least 4 members (excludes halogenated alkanes) is 1. The van der Waals surface area contributed by atoms with Gasteiger partial charge < -0.3 is 15.4 Å². The first-order valence-corrected chi connectivity index (χ1v) is 11.6. The summed E-state index contributed by atoms with van der Waals surface area (Å²) in [5, 5.41) is 11.0. The molecule has 9 nitrogen and oxygen atoms in total. The Morgan fingerprint density at radius 2 is 2.00 bits per heavy atom. The molecule has 1 amide bonds. The lowest BCUT2D eigenvalue weighted by Gasteiger charge is -2.12. The highest BCUT2D eigenvalue weighted by atomic mass is 16.5. The Morgan fingerprint density at radius 3 is 2.77 bits per heavy atom. The molecular formula is C26H26N6O3. The van der Waals surface area contributed by atoms with Crippen LogP contribution >= 0.6 is 0 Å². The monoisotopic (exact) mass is 470 g/mol. The SMILES string of the molecule is CCCCNC(=O)n1ncc2c(C(=O)C3CNc4ncc(-c5ccc(OC)nc5)cc43)cccc21. The van der Waals surface area contributed by atoms with Gasteiger partial charge in [0.15, 0.2) is 5.78 Å². The third-order valence-corrected chi connectivity index (χ3v) is 6.24. The zero-order chi connectivity index (χ0) is 24.4. The van der Waals surface area contributed by atoms with E-state index >= 15 is 0 Å². The highest BCUT2D eigenvalue weighted by Crippen LogP contribution is 2.36. The fourth-order valence-corrected chi connectivity index (χ4v) is 4.33. The fraction of sp³-hybridized carbons (Fsp3) is 0.269. The van der Waals surface area contributed by atoms with E-state index in [1.807, 2.05) is 12.1 Å². The summed E-state index contributed by atoms with van der Waals surface area (Å²) in [6.45, 7) is 3.10. The van der Waals surface area contributed by atoms with E-state index in [1.54, 1.807) is 50.0 Å². The summed E-state index contributed by atoms with van der Waals surface area (Å²) in [6, 6.07) is 10.8. The van der Waals surface area contributed by atoms with Crippen LogP contribution in [0.3, 0.4) is 0 Å². The van der Waals surface area contributed by atoms with E-state index < -0.39 is 5.92 Å². The number of carbonyl (C=O) groups excluding carboxylic acids is 2. The second-order valence-corrected chi connectivity index (χ2v) is 8.43. The van der Waals surface area contributed by atoms with E-state index in [-0.39, 0.29) is 11.8 Å². The van der Waals surface area contributed by atoms with Crippen molar-refractivity contribution < 1.29 is 14.3 Å². The van der Waals surface area contributed by atoms with Gasteiger partial charge in [0, 0.05) is 59.2 Å². The zero-order valence-corrected chi connectivity index (χ0v) is 19.6. The number of carbonyl (C=O) groups is 2. The van der Waals surface area contributed by atoms with Crippen LogP contribution in [0.1, 0.15) is 41.6 Å². The largest absolute Gasteiger partial charge is 0.481 e. The summed E-state index contributed by atoms with van der Waals surface area (Å²) in [7, 11) is 1.57. The number of pyridine rings is 2. The van der Waals surface area contributed by atoms with Gasteiger partial charge in [-0.2, -0.15) is 9.78 Å². The molecule has 1 unspecified atom stereocenters. The first kappa shape index (κ1) is 22.5. The Balaban J connectivity index is 1.45. The van der Waals surface area contributed by atoms with Crippen LogP contribution in [-0.2, 0) is 0 Å². The van der Waals surface area contributed by atoms with Crippen molar-refractivity contribution in [3.05, 3.63) is 66.1 Å². The van der Waals surface area contributed by atoms with E-state index in [9.17, 15) is 9.59 Å². The third-order valence-electron chi connectivity index (χ3n) is 6.24. The van der Waals surface area contributed by atoms with E-state index in [1.165, 1.54) is 4.68 Å². The predicted octanol–water partition coefficient (Wildman–Crippen LogP) is 4.25. The molecule has 0 saturated heterocycles. The molecule has 2 N–H and O–H groups in total. The summed E-state index contributed by atoms with van der Waals surface area (Å²) in [4.78, 5) is 35.1. The van der Waals surface area contributed by atoms with Crippen molar-refractivity contribution >= 4 is 28.5 Å². The molecule has 5 rings (SSSR count). The second kappa shape index (κ2) is 9.54. The minimum atomic E-state index is -0.406. The number of amides is 1. The molecule has 0 saturated carbocycles. The molecule has 0 fully saturated rings. The molecule has 178 valence electrons. The van der Waals surface area contributed by atoms with Crippen molar-refractivity contribution in [2.24, 2.45) is 0 Å².